The molecule has 2 aliphatic heterocycles. The van der Waals surface area contributed by atoms with Crippen LogP contribution in [0.5, 0.6) is 0 Å². The lowest BCUT2D eigenvalue weighted by molar-refractivity contribution is -0.117. The van der Waals surface area contributed by atoms with Gasteiger partial charge in [-0.05, 0) is 49.2 Å². The maximum absolute atomic E-state index is 12.2. The molecule has 2 unspecified atom stereocenters. The number of amides is 1. The lowest BCUT2D eigenvalue weighted by Gasteiger charge is -2.39. The van der Waals surface area contributed by atoms with E-state index in [0.29, 0.717) is 26.2 Å². The SMILES string of the molecule is CC(=O)N1c2ccccc2C(Nc2ccc(N3CCN(S(C)(=O)=O)CC3)cc2)CC1C. The van der Waals surface area contributed by atoms with Gasteiger partial charge in [-0.2, -0.15) is 4.31 Å². The Morgan fingerprint density at radius 2 is 1.65 bits per heavy atom. The van der Waals surface area contributed by atoms with Gasteiger partial charge in [0.15, 0.2) is 0 Å². The number of hydrogen-bond acceptors (Lipinski definition) is 5. The molecule has 1 fully saturated rings. The Kier molecular flexibility index (Phi) is 5.94. The van der Waals surface area contributed by atoms with E-state index in [1.54, 1.807) is 6.92 Å². The van der Waals surface area contributed by atoms with Crippen LogP contribution in [0.15, 0.2) is 48.5 Å². The van der Waals surface area contributed by atoms with Crippen LogP contribution >= 0.6 is 0 Å². The van der Waals surface area contributed by atoms with Crippen LogP contribution in [0.4, 0.5) is 17.1 Å². The number of rotatable bonds is 4. The summed E-state index contributed by atoms with van der Waals surface area (Å²) >= 11 is 0. The molecule has 2 heterocycles. The van der Waals surface area contributed by atoms with E-state index in [-0.39, 0.29) is 18.0 Å². The summed E-state index contributed by atoms with van der Waals surface area (Å²) in [6.45, 7) is 6.12. The Balaban J connectivity index is 1.46. The van der Waals surface area contributed by atoms with Crippen molar-refractivity contribution in [2.75, 3.05) is 47.6 Å². The van der Waals surface area contributed by atoms with Crippen LogP contribution in [0.1, 0.15) is 31.9 Å². The Morgan fingerprint density at radius 3 is 2.26 bits per heavy atom. The van der Waals surface area contributed by atoms with Crippen molar-refractivity contribution in [3.05, 3.63) is 54.1 Å². The molecule has 1 saturated heterocycles. The predicted octanol–water partition coefficient (Wildman–Crippen LogP) is 3.07. The first-order chi connectivity index (χ1) is 14.7. The van der Waals surface area contributed by atoms with Crippen LogP contribution < -0.4 is 15.1 Å². The summed E-state index contributed by atoms with van der Waals surface area (Å²) in [5, 5.41) is 3.64. The Labute approximate surface area is 184 Å². The molecule has 7 nitrogen and oxygen atoms in total. The molecule has 31 heavy (non-hydrogen) atoms. The van der Waals surface area contributed by atoms with E-state index in [1.807, 2.05) is 23.1 Å². The number of nitrogens with zero attached hydrogens (tertiary/aromatic N) is 3. The van der Waals surface area contributed by atoms with Crippen molar-refractivity contribution in [3.8, 4) is 0 Å². The van der Waals surface area contributed by atoms with Crippen LogP contribution in [0.25, 0.3) is 0 Å². The van der Waals surface area contributed by atoms with Gasteiger partial charge >= 0.3 is 0 Å². The molecule has 0 spiro atoms. The van der Waals surface area contributed by atoms with Gasteiger partial charge in [0.05, 0.1) is 12.3 Å². The number of hydrogen-bond donors (Lipinski definition) is 1. The predicted molar refractivity (Wildman–Crippen MR) is 125 cm³/mol. The molecule has 1 N–H and O–H groups in total. The molecule has 0 aliphatic carbocycles. The third-order valence-corrected chi connectivity index (χ3v) is 7.51. The molecule has 0 aromatic heterocycles. The van der Waals surface area contributed by atoms with Gasteiger partial charge in [0.2, 0.25) is 15.9 Å². The molecule has 2 aromatic carbocycles. The highest BCUT2D eigenvalue weighted by atomic mass is 32.2. The maximum Gasteiger partial charge on any atom is 0.224 e. The van der Waals surface area contributed by atoms with E-state index in [2.05, 4.69) is 47.5 Å². The van der Waals surface area contributed by atoms with Gasteiger partial charge in [0.1, 0.15) is 0 Å². The fourth-order valence-electron chi connectivity index (χ4n) is 4.68. The highest BCUT2D eigenvalue weighted by Gasteiger charge is 2.32. The molecule has 2 aliphatic rings. The summed E-state index contributed by atoms with van der Waals surface area (Å²) in [6, 6.07) is 16.7. The smallest absolute Gasteiger partial charge is 0.224 e. The highest BCUT2D eigenvalue weighted by molar-refractivity contribution is 7.88. The topological polar surface area (TPSA) is 73.0 Å². The van der Waals surface area contributed by atoms with E-state index in [9.17, 15) is 13.2 Å². The van der Waals surface area contributed by atoms with Crippen LogP contribution in [-0.4, -0.2) is 57.1 Å². The molecule has 166 valence electrons. The third-order valence-electron chi connectivity index (χ3n) is 6.21. The van der Waals surface area contributed by atoms with Crippen molar-refractivity contribution in [2.24, 2.45) is 0 Å². The average Bonchev–Trinajstić information content (AvgIpc) is 2.73. The monoisotopic (exact) mass is 442 g/mol. The lowest BCUT2D eigenvalue weighted by atomic mass is 9.91. The number of benzene rings is 2. The summed E-state index contributed by atoms with van der Waals surface area (Å²) in [6.07, 6.45) is 2.11. The minimum Gasteiger partial charge on any atom is -0.378 e. The number of nitrogens with one attached hydrogen (secondary N) is 1. The van der Waals surface area contributed by atoms with E-state index in [4.69, 9.17) is 0 Å². The zero-order chi connectivity index (χ0) is 22.2. The van der Waals surface area contributed by atoms with Crippen molar-refractivity contribution in [2.45, 2.75) is 32.4 Å². The minimum absolute atomic E-state index is 0.0683. The summed E-state index contributed by atoms with van der Waals surface area (Å²) in [5.74, 6) is 0.0683. The Bertz CT molecular complexity index is 1050. The number of carbonyl (C=O) groups excluding carboxylic acids is 1. The zero-order valence-corrected chi connectivity index (χ0v) is 19.1. The van der Waals surface area contributed by atoms with Crippen molar-refractivity contribution >= 4 is 33.0 Å². The van der Waals surface area contributed by atoms with Crippen molar-refractivity contribution < 1.29 is 13.2 Å². The lowest BCUT2D eigenvalue weighted by Crippen LogP contribution is -2.48. The number of piperazine rings is 1. The fourth-order valence-corrected chi connectivity index (χ4v) is 5.50. The number of fused-ring (bicyclic) bond motifs is 1. The van der Waals surface area contributed by atoms with Crippen LogP contribution in [0.3, 0.4) is 0 Å². The first kappa shape index (κ1) is 21.6. The molecule has 1 amide bonds. The fraction of sp³-hybridized carbons (Fsp3) is 0.435. The largest absolute Gasteiger partial charge is 0.378 e. The van der Waals surface area contributed by atoms with Crippen LogP contribution in [-0.2, 0) is 14.8 Å². The van der Waals surface area contributed by atoms with Crippen molar-refractivity contribution in [1.82, 2.24) is 4.31 Å². The highest BCUT2D eigenvalue weighted by Crippen LogP contribution is 2.39. The van der Waals surface area contributed by atoms with Gasteiger partial charge in [-0.3, -0.25) is 4.79 Å². The molecule has 0 bridgehead atoms. The van der Waals surface area contributed by atoms with Gasteiger partial charge in [-0.25, -0.2) is 8.42 Å². The second kappa shape index (κ2) is 8.51. The standard InChI is InChI=1S/C23H30N4O3S/c1-17-16-22(21-6-4-5-7-23(21)27(17)18(2)28)24-19-8-10-20(11-9-19)25-12-14-26(15-13-25)31(3,29)30/h4-11,17,22,24H,12-16H2,1-3H3. The van der Waals surface area contributed by atoms with Crippen molar-refractivity contribution in [1.29, 1.82) is 0 Å². The minimum atomic E-state index is -3.12. The van der Waals surface area contributed by atoms with Gasteiger partial charge in [-0.15, -0.1) is 0 Å². The molecule has 0 saturated carbocycles. The van der Waals surface area contributed by atoms with Gasteiger partial charge < -0.3 is 15.1 Å². The Hall–Kier alpha value is -2.58. The summed E-state index contributed by atoms with van der Waals surface area (Å²) in [7, 11) is -3.12. The van der Waals surface area contributed by atoms with Crippen LogP contribution in [0, 0.1) is 0 Å². The first-order valence-corrected chi connectivity index (χ1v) is 12.5. The first-order valence-electron chi connectivity index (χ1n) is 10.7. The quantitative estimate of drug-likeness (QED) is 0.788. The van der Waals surface area contributed by atoms with E-state index >= 15 is 0 Å². The molecular weight excluding hydrogens is 412 g/mol. The molecule has 4 rings (SSSR count). The maximum atomic E-state index is 12.2. The summed E-state index contributed by atoms with van der Waals surface area (Å²) in [5.41, 5.74) is 4.24. The van der Waals surface area contributed by atoms with Gasteiger partial charge in [0.25, 0.3) is 0 Å². The average molecular weight is 443 g/mol. The Morgan fingerprint density at radius 1 is 1.00 bits per heavy atom. The van der Waals surface area contributed by atoms with Gasteiger partial charge in [-0.1, -0.05) is 18.2 Å². The molecular formula is C23H30N4O3S. The number of carbonyl (C=O) groups is 1. The third kappa shape index (κ3) is 4.55. The molecule has 2 aromatic rings. The summed E-state index contributed by atoms with van der Waals surface area (Å²) < 4.78 is 25.0. The van der Waals surface area contributed by atoms with E-state index in [0.717, 1.165) is 29.0 Å². The normalized spacial score (nSPS) is 22.2. The van der Waals surface area contributed by atoms with E-state index in [1.165, 1.54) is 10.6 Å². The zero-order valence-electron chi connectivity index (χ0n) is 18.3. The second-order valence-electron chi connectivity index (χ2n) is 8.43. The second-order valence-corrected chi connectivity index (χ2v) is 10.4. The van der Waals surface area contributed by atoms with E-state index < -0.39 is 10.0 Å². The number of anilines is 3. The van der Waals surface area contributed by atoms with Crippen molar-refractivity contribution in [3.63, 3.8) is 0 Å². The van der Waals surface area contributed by atoms with Crippen LogP contribution in [0.2, 0.25) is 0 Å². The summed E-state index contributed by atoms with van der Waals surface area (Å²) in [4.78, 5) is 16.3. The van der Waals surface area contributed by atoms with Gasteiger partial charge in [0, 0.05) is 56.2 Å². The molecule has 8 heteroatoms. The number of sulfonamides is 1. The molecule has 2 atom stereocenters. The molecule has 0 radical (unpaired) electrons. The number of para-hydroxylation sites is 1.